The Morgan fingerprint density at radius 1 is 1.29 bits per heavy atom. The van der Waals surface area contributed by atoms with Gasteiger partial charge in [0.25, 0.3) is 0 Å². The highest BCUT2D eigenvalue weighted by Gasteiger charge is 2.22. The summed E-state index contributed by atoms with van der Waals surface area (Å²) in [6.07, 6.45) is 0.401. The van der Waals surface area contributed by atoms with E-state index in [2.05, 4.69) is 0 Å². The van der Waals surface area contributed by atoms with Gasteiger partial charge < -0.3 is 19.9 Å². The van der Waals surface area contributed by atoms with Gasteiger partial charge in [-0.15, -0.1) is 0 Å². The minimum atomic E-state index is -3.33. The topological polar surface area (TPSA) is 108 Å². The molecule has 0 heterocycles. The molecule has 9 heteroatoms. The summed E-state index contributed by atoms with van der Waals surface area (Å²) < 4.78 is 39.3. The highest BCUT2D eigenvalue weighted by molar-refractivity contribution is 7.88. The number of sulfonamides is 1. The lowest BCUT2D eigenvalue weighted by molar-refractivity contribution is -0.152. The molecular formula is C12H26N2O6S. The van der Waals surface area contributed by atoms with Crippen molar-refractivity contribution >= 4 is 16.0 Å². The van der Waals surface area contributed by atoms with Gasteiger partial charge in [-0.2, -0.15) is 0 Å². The number of ether oxygens (including phenoxy) is 3. The second kappa shape index (κ2) is 9.31. The Hall–Kier alpha value is -0.740. The van der Waals surface area contributed by atoms with Crippen molar-refractivity contribution in [3.63, 3.8) is 0 Å². The molecule has 8 nitrogen and oxygen atoms in total. The van der Waals surface area contributed by atoms with Crippen LogP contribution in [0.15, 0.2) is 0 Å². The van der Waals surface area contributed by atoms with Gasteiger partial charge in [-0.3, -0.25) is 4.79 Å². The lowest BCUT2D eigenvalue weighted by Crippen LogP contribution is -2.42. The smallest absolute Gasteiger partial charge is 0.325 e. The van der Waals surface area contributed by atoms with Crippen molar-refractivity contribution < 1.29 is 27.4 Å². The molecule has 2 N–H and O–H groups in total. The Balaban J connectivity index is 4.53. The zero-order chi connectivity index (χ0) is 16.6. The van der Waals surface area contributed by atoms with Gasteiger partial charge in [0, 0.05) is 20.7 Å². The lowest BCUT2D eigenvalue weighted by Gasteiger charge is -2.25. The Morgan fingerprint density at radius 2 is 1.86 bits per heavy atom. The van der Waals surface area contributed by atoms with Crippen LogP contribution in [0.25, 0.3) is 0 Å². The van der Waals surface area contributed by atoms with Crippen molar-refractivity contribution in [2.24, 2.45) is 5.73 Å². The van der Waals surface area contributed by atoms with Crippen LogP contribution in [0, 0.1) is 0 Å². The van der Waals surface area contributed by atoms with Crippen LogP contribution in [0.4, 0.5) is 0 Å². The molecule has 0 bridgehead atoms. The molecule has 0 aromatic carbocycles. The maximum atomic E-state index is 11.6. The van der Waals surface area contributed by atoms with Crippen LogP contribution < -0.4 is 5.73 Å². The van der Waals surface area contributed by atoms with E-state index in [4.69, 9.17) is 19.9 Å². The van der Waals surface area contributed by atoms with Crippen molar-refractivity contribution in [1.82, 2.24) is 4.31 Å². The highest BCUT2D eigenvalue weighted by atomic mass is 32.2. The van der Waals surface area contributed by atoms with E-state index in [9.17, 15) is 13.2 Å². The molecule has 0 fully saturated rings. The van der Waals surface area contributed by atoms with Crippen LogP contribution in [0.1, 0.15) is 13.8 Å². The number of esters is 1. The summed E-state index contributed by atoms with van der Waals surface area (Å²) in [6, 6.07) is -0.873. The van der Waals surface area contributed by atoms with Crippen LogP contribution >= 0.6 is 0 Å². The first-order valence-corrected chi connectivity index (χ1v) is 8.40. The maximum Gasteiger partial charge on any atom is 0.325 e. The molecule has 0 aliphatic heterocycles. The first-order valence-electron chi connectivity index (χ1n) is 6.55. The highest BCUT2D eigenvalue weighted by Crippen LogP contribution is 2.05. The number of rotatable bonds is 10. The van der Waals surface area contributed by atoms with Crippen LogP contribution in [0.5, 0.6) is 0 Å². The fourth-order valence-electron chi connectivity index (χ4n) is 1.47. The van der Waals surface area contributed by atoms with E-state index in [1.165, 1.54) is 14.2 Å². The van der Waals surface area contributed by atoms with Crippen molar-refractivity contribution in [1.29, 1.82) is 0 Å². The van der Waals surface area contributed by atoms with Gasteiger partial charge in [0.05, 0.1) is 19.0 Å². The van der Waals surface area contributed by atoms with E-state index < -0.39 is 28.1 Å². The minimum absolute atomic E-state index is 0.0534. The summed E-state index contributed by atoms with van der Waals surface area (Å²) in [5.41, 5.74) is 5.54. The molecule has 2 atom stereocenters. The maximum absolute atomic E-state index is 11.6. The van der Waals surface area contributed by atoms with E-state index in [1.54, 1.807) is 0 Å². The molecule has 126 valence electrons. The van der Waals surface area contributed by atoms with Crippen LogP contribution in [-0.2, 0) is 29.0 Å². The monoisotopic (exact) mass is 326 g/mol. The molecule has 0 aromatic rings. The number of carbonyl (C=O) groups is 1. The van der Waals surface area contributed by atoms with Gasteiger partial charge in [-0.1, -0.05) is 0 Å². The standard InChI is InChI=1S/C12H26N2O6S/c1-9(2)20-10(6-14(3)21(5,16)17)7-19-12(15)11(13)8-18-4/h9-11H,6-8,13H2,1-5H3/t10-,11-/m0/s1. The third-order valence-electron chi connectivity index (χ3n) is 2.55. The first kappa shape index (κ1) is 20.3. The van der Waals surface area contributed by atoms with Crippen molar-refractivity contribution in [3.05, 3.63) is 0 Å². The summed E-state index contributed by atoms with van der Waals surface area (Å²) in [5.74, 6) is -0.615. The van der Waals surface area contributed by atoms with Gasteiger partial charge in [-0.25, -0.2) is 12.7 Å². The first-order chi connectivity index (χ1) is 9.57. The number of hydrogen-bond donors (Lipinski definition) is 1. The molecule has 0 amide bonds. The summed E-state index contributed by atoms with van der Waals surface area (Å²) in [7, 11) is -0.465. The number of likely N-dealkylation sites (N-methyl/N-ethyl adjacent to an activating group) is 1. The quantitative estimate of drug-likeness (QED) is 0.523. The predicted molar refractivity (Wildman–Crippen MR) is 78.3 cm³/mol. The van der Waals surface area contributed by atoms with E-state index in [1.807, 2.05) is 13.8 Å². The second-order valence-corrected chi connectivity index (χ2v) is 7.13. The van der Waals surface area contributed by atoms with E-state index in [0.29, 0.717) is 0 Å². The van der Waals surface area contributed by atoms with E-state index in [-0.39, 0.29) is 25.9 Å². The predicted octanol–water partition coefficient (Wildman–Crippen LogP) is -0.812. The number of methoxy groups -OCH3 is 1. The van der Waals surface area contributed by atoms with Gasteiger partial charge in [-0.05, 0) is 13.8 Å². The minimum Gasteiger partial charge on any atom is -0.462 e. The van der Waals surface area contributed by atoms with Gasteiger partial charge in [0.15, 0.2) is 0 Å². The largest absolute Gasteiger partial charge is 0.462 e. The molecular weight excluding hydrogens is 300 g/mol. The zero-order valence-electron chi connectivity index (χ0n) is 13.2. The summed E-state index contributed by atoms with van der Waals surface area (Å²) in [4.78, 5) is 11.6. The Morgan fingerprint density at radius 3 is 2.29 bits per heavy atom. The average molecular weight is 326 g/mol. The van der Waals surface area contributed by atoms with Crippen molar-refractivity contribution in [3.8, 4) is 0 Å². The fraction of sp³-hybridized carbons (Fsp3) is 0.917. The third-order valence-corrected chi connectivity index (χ3v) is 3.83. The Kier molecular flexibility index (Phi) is 8.98. The third kappa shape index (κ3) is 8.99. The molecule has 0 aromatic heterocycles. The number of carbonyl (C=O) groups excluding carboxylic acids is 1. The number of hydrogen-bond acceptors (Lipinski definition) is 7. The van der Waals surface area contributed by atoms with Crippen molar-refractivity contribution in [2.75, 3.05) is 40.2 Å². The SMILES string of the molecule is COC[C@H](N)C(=O)OC[C@H](CN(C)S(C)(=O)=O)OC(C)C. The summed E-state index contributed by atoms with van der Waals surface area (Å²) in [6.45, 7) is 3.69. The van der Waals surface area contributed by atoms with Gasteiger partial charge >= 0.3 is 5.97 Å². The second-order valence-electron chi connectivity index (χ2n) is 5.04. The van der Waals surface area contributed by atoms with Crippen LogP contribution in [-0.4, -0.2) is 77.1 Å². The Labute approximate surface area is 126 Å². The van der Waals surface area contributed by atoms with Crippen LogP contribution in [0.3, 0.4) is 0 Å². The fourth-order valence-corrected chi connectivity index (χ4v) is 1.91. The molecule has 0 unspecified atom stereocenters. The summed E-state index contributed by atoms with van der Waals surface area (Å²) >= 11 is 0. The zero-order valence-corrected chi connectivity index (χ0v) is 14.1. The molecule has 0 aliphatic carbocycles. The molecule has 0 saturated heterocycles. The lowest BCUT2D eigenvalue weighted by atomic mass is 10.3. The van der Waals surface area contributed by atoms with Gasteiger partial charge in [0.1, 0.15) is 18.8 Å². The average Bonchev–Trinajstić information content (AvgIpc) is 2.33. The van der Waals surface area contributed by atoms with Crippen molar-refractivity contribution in [2.45, 2.75) is 32.1 Å². The Bertz CT molecular complexity index is 412. The van der Waals surface area contributed by atoms with E-state index in [0.717, 1.165) is 10.6 Å². The van der Waals surface area contributed by atoms with Gasteiger partial charge in [0.2, 0.25) is 10.0 Å². The number of nitrogens with zero attached hydrogens (tertiary/aromatic N) is 1. The summed E-state index contributed by atoms with van der Waals surface area (Å²) in [5, 5.41) is 0. The molecule has 0 saturated carbocycles. The molecule has 0 spiro atoms. The van der Waals surface area contributed by atoms with E-state index >= 15 is 0 Å². The normalized spacial score (nSPS) is 15.2. The number of nitrogens with two attached hydrogens (primary N) is 1. The molecule has 21 heavy (non-hydrogen) atoms. The molecule has 0 rings (SSSR count). The molecule has 0 aliphatic rings. The molecule has 0 radical (unpaired) electrons. The van der Waals surface area contributed by atoms with Crippen LogP contribution in [0.2, 0.25) is 0 Å².